The van der Waals surface area contributed by atoms with E-state index in [1.165, 1.54) is 42.5 Å². The molecular weight excluding hydrogens is 514 g/mol. The third kappa shape index (κ3) is 3.69. The largest absolute Gasteiger partial charge is 0.457 e. The number of rotatable bonds is 4. The van der Waals surface area contributed by atoms with Gasteiger partial charge in [-0.2, -0.15) is 0 Å². The van der Waals surface area contributed by atoms with Gasteiger partial charge in [-0.1, -0.05) is 0 Å². The smallest absolute Gasteiger partial charge is 0.335 e. The van der Waals surface area contributed by atoms with Crippen molar-refractivity contribution >= 4 is 51.2 Å². The number of nitro benzene ring substituents is 1. The maximum atomic E-state index is 13.1. The first kappa shape index (κ1) is 21.4. The number of hydrogen-bond acceptors (Lipinski definition) is 8. The van der Waals surface area contributed by atoms with Gasteiger partial charge in [-0.3, -0.25) is 25.0 Å². The van der Waals surface area contributed by atoms with E-state index in [1.54, 1.807) is 12.1 Å². The van der Waals surface area contributed by atoms with Gasteiger partial charge in [0.25, 0.3) is 17.5 Å². The van der Waals surface area contributed by atoms with Crippen LogP contribution in [0.4, 0.5) is 16.2 Å². The van der Waals surface area contributed by atoms with E-state index in [4.69, 9.17) is 13.9 Å². The topological polar surface area (TPSA) is 141 Å². The molecule has 0 bridgehead atoms. The quantitative estimate of drug-likeness (QED) is 0.233. The van der Waals surface area contributed by atoms with Crippen molar-refractivity contribution in [3.05, 3.63) is 74.5 Å². The number of amides is 4. The lowest BCUT2D eigenvalue weighted by molar-refractivity contribution is -0.384. The Morgan fingerprint density at radius 2 is 1.82 bits per heavy atom. The number of nitro groups is 1. The summed E-state index contributed by atoms with van der Waals surface area (Å²) in [6.45, 7) is 0.0221. The number of non-ortho nitro benzene ring substituents is 1. The van der Waals surface area contributed by atoms with E-state index in [-0.39, 0.29) is 29.5 Å². The monoisotopic (exact) mass is 525 g/mol. The number of carbonyl (C=O) groups is 3. The molecule has 5 rings (SSSR count). The number of hydrogen-bond donors (Lipinski definition) is 1. The highest BCUT2D eigenvalue weighted by Gasteiger charge is 2.37. The molecule has 0 unspecified atom stereocenters. The third-order valence-corrected chi connectivity index (χ3v) is 5.71. The zero-order chi connectivity index (χ0) is 24.0. The highest BCUT2D eigenvalue weighted by Crippen LogP contribution is 2.37. The molecule has 1 fully saturated rings. The molecule has 12 heteroatoms. The van der Waals surface area contributed by atoms with Crippen molar-refractivity contribution in [2.24, 2.45) is 0 Å². The maximum absolute atomic E-state index is 13.1. The van der Waals surface area contributed by atoms with Crippen molar-refractivity contribution in [2.75, 3.05) is 11.7 Å². The number of anilines is 1. The normalized spacial score (nSPS) is 16.2. The molecule has 2 aliphatic heterocycles. The van der Waals surface area contributed by atoms with Gasteiger partial charge in [-0.15, -0.1) is 0 Å². The minimum Gasteiger partial charge on any atom is -0.457 e. The average Bonchev–Trinajstić information content (AvgIpc) is 3.45. The lowest BCUT2D eigenvalue weighted by atomic mass is 10.1. The maximum Gasteiger partial charge on any atom is 0.335 e. The van der Waals surface area contributed by atoms with Crippen LogP contribution in [0.1, 0.15) is 5.76 Å². The van der Waals surface area contributed by atoms with Crippen molar-refractivity contribution in [1.82, 2.24) is 5.32 Å². The van der Waals surface area contributed by atoms with Crippen molar-refractivity contribution in [2.45, 2.75) is 0 Å². The minimum absolute atomic E-state index is 0.0221. The molecule has 2 aromatic carbocycles. The molecule has 3 aromatic rings. The first-order valence-corrected chi connectivity index (χ1v) is 10.5. The summed E-state index contributed by atoms with van der Waals surface area (Å²) in [6.07, 6.45) is 1.22. The molecule has 11 nitrogen and oxygen atoms in total. The number of imide groups is 2. The first-order valence-electron chi connectivity index (χ1n) is 9.67. The average molecular weight is 526 g/mol. The number of ether oxygens (including phenoxy) is 2. The number of nitrogens with zero attached hydrogens (tertiary/aromatic N) is 2. The van der Waals surface area contributed by atoms with E-state index in [0.29, 0.717) is 27.3 Å². The zero-order valence-corrected chi connectivity index (χ0v) is 18.5. The molecule has 4 amide bonds. The van der Waals surface area contributed by atoms with Crippen LogP contribution in [0.5, 0.6) is 11.5 Å². The summed E-state index contributed by atoms with van der Waals surface area (Å²) >= 11 is 3.28. The number of carbonyl (C=O) groups excluding carboxylic acids is 3. The fourth-order valence-corrected chi connectivity index (χ4v) is 4.01. The van der Waals surface area contributed by atoms with E-state index in [2.05, 4.69) is 21.2 Å². The SMILES string of the molecule is O=C1NC(=O)N(c2ccc3c(c2)OCO3)C(=O)/C1=C\c1ccc(-c2ccc([N+](=O)[O-])cc2Br)o1. The predicted octanol–water partition coefficient (Wildman–Crippen LogP) is 4.01. The molecule has 170 valence electrons. The number of halogens is 1. The zero-order valence-electron chi connectivity index (χ0n) is 16.9. The summed E-state index contributed by atoms with van der Waals surface area (Å²) in [5, 5.41) is 13.1. The van der Waals surface area contributed by atoms with Crippen LogP contribution >= 0.6 is 15.9 Å². The van der Waals surface area contributed by atoms with Crippen LogP contribution in [0.2, 0.25) is 0 Å². The molecular formula is C22H12BrN3O8. The summed E-state index contributed by atoms with van der Waals surface area (Å²) < 4.78 is 16.7. The number of urea groups is 1. The number of benzene rings is 2. The number of nitrogens with one attached hydrogen (secondary N) is 1. The molecule has 0 saturated carbocycles. The Labute approximate surface area is 198 Å². The summed E-state index contributed by atoms with van der Waals surface area (Å²) in [6, 6.07) is 10.9. The second-order valence-electron chi connectivity index (χ2n) is 7.12. The molecule has 1 N–H and O–H groups in total. The Hall–Kier alpha value is -4.45. The fourth-order valence-electron chi connectivity index (χ4n) is 3.45. The molecule has 34 heavy (non-hydrogen) atoms. The van der Waals surface area contributed by atoms with Crippen molar-refractivity contribution in [3.63, 3.8) is 0 Å². The van der Waals surface area contributed by atoms with Gasteiger partial charge in [0.05, 0.1) is 10.6 Å². The van der Waals surface area contributed by atoms with E-state index in [1.807, 2.05) is 0 Å². The van der Waals surface area contributed by atoms with Gasteiger partial charge >= 0.3 is 6.03 Å². The van der Waals surface area contributed by atoms with Crippen LogP contribution in [0.3, 0.4) is 0 Å². The number of barbiturate groups is 1. The van der Waals surface area contributed by atoms with Crippen molar-refractivity contribution in [3.8, 4) is 22.8 Å². The van der Waals surface area contributed by atoms with E-state index >= 15 is 0 Å². The van der Waals surface area contributed by atoms with E-state index < -0.39 is 22.8 Å². The lowest BCUT2D eigenvalue weighted by Gasteiger charge is -2.26. The molecule has 0 aliphatic carbocycles. The highest BCUT2D eigenvalue weighted by molar-refractivity contribution is 9.10. The van der Waals surface area contributed by atoms with Gasteiger partial charge in [0, 0.05) is 28.2 Å². The Kier molecular flexibility index (Phi) is 5.13. The summed E-state index contributed by atoms with van der Waals surface area (Å²) in [5.74, 6) is -0.367. The Balaban J connectivity index is 1.46. The minimum atomic E-state index is -0.902. The van der Waals surface area contributed by atoms with Crippen LogP contribution in [-0.2, 0) is 9.59 Å². The summed E-state index contributed by atoms with van der Waals surface area (Å²) in [5.41, 5.74) is 0.315. The highest BCUT2D eigenvalue weighted by atomic mass is 79.9. The van der Waals surface area contributed by atoms with Crippen molar-refractivity contribution in [1.29, 1.82) is 0 Å². The molecule has 0 radical (unpaired) electrons. The van der Waals surface area contributed by atoms with Crippen LogP contribution in [-0.4, -0.2) is 29.6 Å². The van der Waals surface area contributed by atoms with Crippen LogP contribution < -0.4 is 19.7 Å². The van der Waals surface area contributed by atoms with Crippen LogP contribution in [0.15, 0.2) is 63.0 Å². The second kappa shape index (κ2) is 8.15. The lowest BCUT2D eigenvalue weighted by Crippen LogP contribution is -2.54. The third-order valence-electron chi connectivity index (χ3n) is 5.06. The molecule has 0 atom stereocenters. The molecule has 2 aliphatic rings. The van der Waals surface area contributed by atoms with Crippen LogP contribution in [0, 0.1) is 10.1 Å². The summed E-state index contributed by atoms with van der Waals surface area (Å²) in [4.78, 5) is 49.1. The summed E-state index contributed by atoms with van der Waals surface area (Å²) in [7, 11) is 0. The fraction of sp³-hybridized carbons (Fsp3) is 0.0455. The number of furan rings is 1. The van der Waals surface area contributed by atoms with Gasteiger partial charge in [-0.25, -0.2) is 9.69 Å². The van der Waals surface area contributed by atoms with E-state index in [0.717, 1.165) is 4.90 Å². The Morgan fingerprint density at radius 3 is 2.59 bits per heavy atom. The second-order valence-corrected chi connectivity index (χ2v) is 7.97. The van der Waals surface area contributed by atoms with Crippen LogP contribution in [0.25, 0.3) is 17.4 Å². The molecule has 0 spiro atoms. The van der Waals surface area contributed by atoms with Gasteiger partial charge in [-0.05, 0) is 52.3 Å². The number of fused-ring (bicyclic) bond motifs is 1. The van der Waals surface area contributed by atoms with Gasteiger partial charge in [0.1, 0.15) is 17.1 Å². The van der Waals surface area contributed by atoms with Gasteiger partial charge < -0.3 is 13.9 Å². The molecule has 3 heterocycles. The first-order chi connectivity index (χ1) is 16.3. The standard InChI is InChI=1S/C22H12BrN3O8/c23-16-7-12(26(30)31)1-4-14(16)17-6-3-13(34-17)9-15-20(27)24-22(29)25(21(15)28)11-2-5-18-19(8-11)33-10-32-18/h1-9H,10H2,(H,24,27,29)/b15-9-. The van der Waals surface area contributed by atoms with E-state index in [9.17, 15) is 24.5 Å². The van der Waals surface area contributed by atoms with Gasteiger partial charge in [0.2, 0.25) is 6.79 Å². The van der Waals surface area contributed by atoms with Gasteiger partial charge in [0.15, 0.2) is 11.5 Å². The Morgan fingerprint density at radius 1 is 1.03 bits per heavy atom. The molecule has 1 aromatic heterocycles. The van der Waals surface area contributed by atoms with Crippen molar-refractivity contribution < 1.29 is 33.2 Å². The molecule has 1 saturated heterocycles. The Bertz CT molecular complexity index is 1430. The predicted molar refractivity (Wildman–Crippen MR) is 120 cm³/mol.